The Morgan fingerprint density at radius 3 is 2.57 bits per heavy atom. The van der Waals surface area contributed by atoms with Crippen molar-refractivity contribution < 1.29 is 4.79 Å². The molecular formula is C24H23Cl2N3O. The number of hydrogen-bond acceptors (Lipinski definition) is 3. The minimum Gasteiger partial charge on any atom is -0.365 e. The van der Waals surface area contributed by atoms with Crippen molar-refractivity contribution in [2.24, 2.45) is 0 Å². The minimum atomic E-state index is -0.512. The Labute approximate surface area is 187 Å². The number of benzene rings is 2. The third-order valence-electron chi connectivity index (χ3n) is 5.45. The smallest absolute Gasteiger partial charge is 0.266 e. The van der Waals surface area contributed by atoms with Crippen LogP contribution in [0.5, 0.6) is 0 Å². The number of carbonyl (C=O) groups excluding carboxylic acids is 1. The molecule has 6 heteroatoms. The fourth-order valence-electron chi connectivity index (χ4n) is 3.52. The molecule has 0 saturated carbocycles. The molecule has 2 aromatic carbocycles. The van der Waals surface area contributed by atoms with Crippen LogP contribution in [0.4, 0.5) is 11.4 Å². The summed E-state index contributed by atoms with van der Waals surface area (Å²) in [6.45, 7) is 8.18. The normalized spacial score (nSPS) is 15.2. The topological polar surface area (TPSA) is 56.1 Å². The molecule has 1 heterocycles. The van der Waals surface area contributed by atoms with Gasteiger partial charge < -0.3 is 10.2 Å². The van der Waals surface area contributed by atoms with Crippen molar-refractivity contribution >= 4 is 52.1 Å². The van der Waals surface area contributed by atoms with Crippen molar-refractivity contribution in [3.63, 3.8) is 0 Å². The average molecular weight is 440 g/mol. The van der Waals surface area contributed by atoms with Crippen LogP contribution in [0.1, 0.15) is 37.5 Å². The standard InChI is InChI=1S/C24H23Cl2N3O/c1-14-6-7-18(25)10-21(14)28-23(30)17(13-27)8-16-9-19-15(2)12-24(3,4)29(5)22(19)11-20(16)26/h6-12H,1-5H3,(H,28,30)/b17-8+. The third kappa shape index (κ3) is 4.23. The largest absolute Gasteiger partial charge is 0.365 e. The van der Waals surface area contributed by atoms with Crippen molar-refractivity contribution in [2.75, 3.05) is 17.3 Å². The molecule has 0 saturated heterocycles. The predicted molar refractivity (Wildman–Crippen MR) is 126 cm³/mol. The summed E-state index contributed by atoms with van der Waals surface area (Å²) in [6, 6.07) is 11.0. The minimum absolute atomic E-state index is 0.0395. The zero-order valence-corrected chi connectivity index (χ0v) is 19.1. The first-order chi connectivity index (χ1) is 14.0. The lowest BCUT2D eigenvalue weighted by Gasteiger charge is -2.40. The summed E-state index contributed by atoms with van der Waals surface area (Å²) in [5.41, 5.74) is 5.02. The van der Waals surface area contributed by atoms with E-state index in [1.165, 1.54) is 6.08 Å². The Morgan fingerprint density at radius 2 is 1.90 bits per heavy atom. The highest BCUT2D eigenvalue weighted by molar-refractivity contribution is 6.33. The molecule has 1 aliphatic heterocycles. The molecule has 0 fully saturated rings. The second-order valence-corrected chi connectivity index (χ2v) is 8.86. The van der Waals surface area contributed by atoms with Crippen molar-refractivity contribution in [3.8, 4) is 6.07 Å². The van der Waals surface area contributed by atoms with Gasteiger partial charge in [0.2, 0.25) is 0 Å². The van der Waals surface area contributed by atoms with E-state index in [1.807, 2.05) is 32.2 Å². The van der Waals surface area contributed by atoms with Crippen LogP contribution in [0.25, 0.3) is 11.6 Å². The highest BCUT2D eigenvalue weighted by atomic mass is 35.5. The van der Waals surface area contributed by atoms with Crippen molar-refractivity contribution in [1.29, 1.82) is 5.26 Å². The van der Waals surface area contributed by atoms with E-state index in [1.54, 1.807) is 18.2 Å². The molecule has 0 bridgehead atoms. The molecular weight excluding hydrogens is 417 g/mol. The van der Waals surface area contributed by atoms with E-state index in [4.69, 9.17) is 23.2 Å². The molecule has 0 aromatic heterocycles. The van der Waals surface area contributed by atoms with Crippen LogP contribution in [-0.2, 0) is 4.79 Å². The number of aryl methyl sites for hydroxylation is 1. The summed E-state index contributed by atoms with van der Waals surface area (Å²) in [7, 11) is 2.02. The summed E-state index contributed by atoms with van der Waals surface area (Å²) in [5, 5.41) is 13.3. The summed E-state index contributed by atoms with van der Waals surface area (Å²) in [6.07, 6.45) is 3.71. The second-order valence-electron chi connectivity index (χ2n) is 8.01. The number of carbonyl (C=O) groups is 1. The predicted octanol–water partition coefficient (Wildman–Crippen LogP) is 6.48. The number of nitrogens with one attached hydrogen (secondary N) is 1. The number of nitrogens with zero attached hydrogens (tertiary/aromatic N) is 2. The van der Waals surface area contributed by atoms with Crippen LogP contribution in [0.2, 0.25) is 10.0 Å². The molecule has 0 spiro atoms. The number of anilines is 2. The third-order valence-corrected chi connectivity index (χ3v) is 6.01. The molecule has 1 N–H and O–H groups in total. The van der Waals surface area contributed by atoms with Gasteiger partial charge in [-0.05, 0) is 74.7 Å². The van der Waals surface area contributed by atoms with E-state index in [0.29, 0.717) is 21.3 Å². The van der Waals surface area contributed by atoms with Gasteiger partial charge in [-0.2, -0.15) is 5.26 Å². The number of hydrogen-bond donors (Lipinski definition) is 1. The molecule has 0 aliphatic carbocycles. The Kier molecular flexibility index (Phi) is 5.99. The second kappa shape index (κ2) is 8.18. The van der Waals surface area contributed by atoms with Crippen molar-refractivity contribution in [1.82, 2.24) is 0 Å². The van der Waals surface area contributed by atoms with E-state index < -0.39 is 5.91 Å². The van der Waals surface area contributed by atoms with Crippen LogP contribution in [0.3, 0.4) is 0 Å². The quantitative estimate of drug-likeness (QED) is 0.439. The van der Waals surface area contributed by atoms with Gasteiger partial charge in [0, 0.05) is 34.0 Å². The summed E-state index contributed by atoms with van der Waals surface area (Å²) in [4.78, 5) is 14.9. The zero-order chi connectivity index (χ0) is 22.2. The SMILES string of the molecule is CC1=CC(C)(C)N(C)c2cc(Cl)c(/C=C(\C#N)C(=O)Nc3cc(Cl)ccc3C)cc21. The first kappa shape index (κ1) is 22.0. The molecule has 0 radical (unpaired) electrons. The maximum atomic E-state index is 12.7. The van der Waals surface area contributed by atoms with Crippen LogP contribution >= 0.6 is 23.2 Å². The molecule has 30 heavy (non-hydrogen) atoms. The molecule has 154 valence electrons. The lowest BCUT2D eigenvalue weighted by molar-refractivity contribution is -0.112. The fraction of sp³-hybridized carbons (Fsp3) is 0.250. The Morgan fingerprint density at radius 1 is 1.20 bits per heavy atom. The van der Waals surface area contributed by atoms with E-state index in [2.05, 4.69) is 37.1 Å². The fourth-order valence-corrected chi connectivity index (χ4v) is 3.91. The lowest BCUT2D eigenvalue weighted by atomic mass is 9.88. The Balaban J connectivity index is 1.99. The average Bonchev–Trinajstić information content (AvgIpc) is 2.67. The van der Waals surface area contributed by atoms with Crippen molar-refractivity contribution in [2.45, 2.75) is 33.2 Å². The van der Waals surface area contributed by atoms with Crippen LogP contribution in [0, 0.1) is 18.3 Å². The summed E-state index contributed by atoms with van der Waals surface area (Å²) in [5.74, 6) is -0.512. The van der Waals surface area contributed by atoms with E-state index >= 15 is 0 Å². The molecule has 0 atom stereocenters. The number of amides is 1. The first-order valence-electron chi connectivity index (χ1n) is 9.50. The van der Waals surface area contributed by atoms with Gasteiger partial charge in [-0.15, -0.1) is 0 Å². The molecule has 4 nitrogen and oxygen atoms in total. The van der Waals surface area contributed by atoms with Gasteiger partial charge in [-0.3, -0.25) is 4.79 Å². The van der Waals surface area contributed by atoms with Gasteiger partial charge in [0.05, 0.1) is 5.54 Å². The number of allylic oxidation sites excluding steroid dienone is 1. The van der Waals surface area contributed by atoms with Crippen LogP contribution in [0.15, 0.2) is 42.0 Å². The van der Waals surface area contributed by atoms with Crippen LogP contribution in [-0.4, -0.2) is 18.5 Å². The number of halogens is 2. The van der Waals surface area contributed by atoms with E-state index in [-0.39, 0.29) is 11.1 Å². The molecule has 2 aromatic rings. The molecule has 1 amide bonds. The van der Waals surface area contributed by atoms with Gasteiger partial charge >= 0.3 is 0 Å². The van der Waals surface area contributed by atoms with E-state index in [0.717, 1.165) is 22.4 Å². The van der Waals surface area contributed by atoms with Crippen LogP contribution < -0.4 is 10.2 Å². The summed E-state index contributed by atoms with van der Waals surface area (Å²) < 4.78 is 0. The monoisotopic (exact) mass is 439 g/mol. The Bertz CT molecular complexity index is 1140. The number of nitriles is 1. The lowest BCUT2D eigenvalue weighted by Crippen LogP contribution is -2.42. The van der Waals surface area contributed by atoms with Gasteiger partial charge in [-0.1, -0.05) is 35.3 Å². The molecule has 3 rings (SSSR count). The van der Waals surface area contributed by atoms with Gasteiger partial charge in [-0.25, -0.2) is 0 Å². The maximum absolute atomic E-state index is 12.7. The van der Waals surface area contributed by atoms with Gasteiger partial charge in [0.25, 0.3) is 5.91 Å². The molecule has 0 unspecified atom stereocenters. The molecule has 1 aliphatic rings. The van der Waals surface area contributed by atoms with Crippen molar-refractivity contribution in [3.05, 3.63) is 68.7 Å². The van der Waals surface area contributed by atoms with Gasteiger partial charge in [0.1, 0.15) is 11.6 Å². The van der Waals surface area contributed by atoms with E-state index in [9.17, 15) is 10.1 Å². The highest BCUT2D eigenvalue weighted by Gasteiger charge is 2.29. The zero-order valence-electron chi connectivity index (χ0n) is 17.6. The summed E-state index contributed by atoms with van der Waals surface area (Å²) >= 11 is 12.5. The first-order valence-corrected chi connectivity index (χ1v) is 10.3. The maximum Gasteiger partial charge on any atom is 0.266 e. The highest BCUT2D eigenvalue weighted by Crippen LogP contribution is 2.40. The Hall–Kier alpha value is -2.74. The number of likely N-dealkylation sites (N-methyl/N-ethyl adjacent to an activating group) is 1. The van der Waals surface area contributed by atoms with Gasteiger partial charge in [0.15, 0.2) is 0 Å². The number of fused-ring (bicyclic) bond motifs is 1. The number of rotatable bonds is 3.